The number of rotatable bonds is 4. The van der Waals surface area contributed by atoms with Crippen molar-refractivity contribution in [1.29, 1.82) is 0 Å². The van der Waals surface area contributed by atoms with Gasteiger partial charge in [0, 0.05) is 25.5 Å². The minimum Gasteiger partial charge on any atom is -0.323 e. The number of nitrogens with zero attached hydrogens (tertiary/aromatic N) is 2. The fourth-order valence-electron chi connectivity index (χ4n) is 1.61. The van der Waals surface area contributed by atoms with Crippen LogP contribution in [0.5, 0.6) is 0 Å². The Labute approximate surface area is 115 Å². The van der Waals surface area contributed by atoms with E-state index in [0.717, 1.165) is 0 Å². The zero-order valence-electron chi connectivity index (χ0n) is 12.0. The summed E-state index contributed by atoms with van der Waals surface area (Å²) in [6.07, 6.45) is 2.79. The third kappa shape index (κ3) is 3.23. The number of hydrazine groups is 1. The zero-order chi connectivity index (χ0) is 14.8. The molecule has 1 heterocycles. The average molecular weight is 286 g/mol. The van der Waals surface area contributed by atoms with E-state index < -0.39 is 10.0 Å². The highest BCUT2D eigenvalue weighted by atomic mass is 32.2. The van der Waals surface area contributed by atoms with Crippen LogP contribution in [0.4, 0.5) is 5.69 Å². The van der Waals surface area contributed by atoms with Gasteiger partial charge in [-0.3, -0.25) is 10.8 Å². The summed E-state index contributed by atoms with van der Waals surface area (Å²) >= 11 is 0. The van der Waals surface area contributed by atoms with Crippen LogP contribution in [0.15, 0.2) is 23.4 Å². The second-order valence-electron chi connectivity index (χ2n) is 5.58. The first-order valence-corrected chi connectivity index (χ1v) is 7.45. The van der Waals surface area contributed by atoms with E-state index >= 15 is 0 Å². The molecular weight excluding hydrogens is 264 g/mol. The highest BCUT2D eigenvalue weighted by Gasteiger charge is 2.33. The average Bonchev–Trinajstić information content (AvgIpc) is 2.35. The maximum Gasteiger partial charge on any atom is 0.246 e. The Balaban J connectivity index is 3.25. The van der Waals surface area contributed by atoms with E-state index in [-0.39, 0.29) is 16.4 Å². The molecule has 1 aromatic heterocycles. The maximum atomic E-state index is 12.6. The summed E-state index contributed by atoms with van der Waals surface area (Å²) in [6.45, 7) is 7.86. The quantitative estimate of drug-likeness (QED) is 0.645. The Morgan fingerprint density at radius 2 is 2.00 bits per heavy atom. The number of pyridine rings is 1. The van der Waals surface area contributed by atoms with Crippen LogP contribution >= 0.6 is 0 Å². The Morgan fingerprint density at radius 3 is 2.47 bits per heavy atom. The molecule has 1 unspecified atom stereocenters. The van der Waals surface area contributed by atoms with Crippen LogP contribution in [0.25, 0.3) is 0 Å². The van der Waals surface area contributed by atoms with Crippen molar-refractivity contribution in [1.82, 2.24) is 9.29 Å². The molecule has 0 saturated carbocycles. The molecule has 7 heteroatoms. The smallest absolute Gasteiger partial charge is 0.246 e. The number of hydrogen-bond acceptors (Lipinski definition) is 5. The molecule has 1 aromatic rings. The summed E-state index contributed by atoms with van der Waals surface area (Å²) in [5.74, 6) is 5.35. The van der Waals surface area contributed by atoms with Crippen LogP contribution in [0.1, 0.15) is 27.7 Å². The first kappa shape index (κ1) is 15.9. The molecule has 0 bridgehead atoms. The van der Waals surface area contributed by atoms with Crippen LogP contribution in [0.2, 0.25) is 0 Å². The SMILES string of the molecule is CC(N(C)S(=O)(=O)c1cnccc1NN)C(C)(C)C. The first-order valence-electron chi connectivity index (χ1n) is 6.01. The Morgan fingerprint density at radius 1 is 1.42 bits per heavy atom. The van der Waals surface area contributed by atoms with E-state index in [1.165, 1.54) is 22.8 Å². The first-order chi connectivity index (χ1) is 8.62. The van der Waals surface area contributed by atoms with Crippen LogP contribution in [0, 0.1) is 5.41 Å². The number of aromatic nitrogens is 1. The number of nitrogens with one attached hydrogen (secondary N) is 1. The van der Waals surface area contributed by atoms with E-state index in [1.807, 2.05) is 27.7 Å². The molecule has 0 fully saturated rings. The predicted octanol–water partition coefficient (Wildman–Crippen LogP) is 1.42. The van der Waals surface area contributed by atoms with Crippen molar-refractivity contribution >= 4 is 15.7 Å². The van der Waals surface area contributed by atoms with Gasteiger partial charge in [-0.1, -0.05) is 20.8 Å². The molecule has 0 amide bonds. The number of hydrogen-bond donors (Lipinski definition) is 2. The van der Waals surface area contributed by atoms with Gasteiger partial charge < -0.3 is 5.43 Å². The minimum atomic E-state index is -3.64. The molecule has 19 heavy (non-hydrogen) atoms. The van der Waals surface area contributed by atoms with E-state index in [2.05, 4.69) is 10.4 Å². The van der Waals surface area contributed by atoms with Gasteiger partial charge in [-0.2, -0.15) is 4.31 Å². The Bertz CT molecular complexity index is 537. The minimum absolute atomic E-state index is 0.0797. The van der Waals surface area contributed by atoms with Crippen molar-refractivity contribution in [2.45, 2.75) is 38.6 Å². The van der Waals surface area contributed by atoms with Crippen LogP contribution in [-0.2, 0) is 10.0 Å². The largest absolute Gasteiger partial charge is 0.323 e. The topological polar surface area (TPSA) is 88.3 Å². The van der Waals surface area contributed by atoms with Gasteiger partial charge in [0.15, 0.2) is 0 Å². The fraction of sp³-hybridized carbons (Fsp3) is 0.583. The van der Waals surface area contributed by atoms with Crippen molar-refractivity contribution < 1.29 is 8.42 Å². The molecule has 6 nitrogen and oxygen atoms in total. The molecular formula is C12H22N4O2S. The fourth-order valence-corrected chi connectivity index (χ4v) is 3.26. The third-order valence-electron chi connectivity index (χ3n) is 3.40. The van der Waals surface area contributed by atoms with Gasteiger partial charge in [0.1, 0.15) is 4.90 Å². The van der Waals surface area contributed by atoms with Crippen LogP contribution in [-0.4, -0.2) is 30.8 Å². The summed E-state index contributed by atoms with van der Waals surface area (Å²) < 4.78 is 26.5. The summed E-state index contributed by atoms with van der Waals surface area (Å²) in [7, 11) is -2.07. The van der Waals surface area contributed by atoms with E-state index in [1.54, 1.807) is 7.05 Å². The molecule has 0 aliphatic rings. The zero-order valence-corrected chi connectivity index (χ0v) is 12.8. The number of nitrogens with two attached hydrogens (primary N) is 1. The molecule has 0 saturated heterocycles. The second-order valence-corrected chi connectivity index (χ2v) is 7.55. The van der Waals surface area contributed by atoms with Gasteiger partial charge in [0.25, 0.3) is 0 Å². The van der Waals surface area contributed by atoms with Gasteiger partial charge in [-0.15, -0.1) is 0 Å². The monoisotopic (exact) mass is 286 g/mol. The van der Waals surface area contributed by atoms with E-state index in [4.69, 9.17) is 5.84 Å². The van der Waals surface area contributed by atoms with Crippen molar-refractivity contribution in [3.8, 4) is 0 Å². The molecule has 108 valence electrons. The van der Waals surface area contributed by atoms with Gasteiger partial charge >= 0.3 is 0 Å². The van der Waals surface area contributed by atoms with E-state index in [9.17, 15) is 8.42 Å². The van der Waals surface area contributed by atoms with Crippen molar-refractivity contribution in [2.24, 2.45) is 11.3 Å². The Kier molecular flexibility index (Phi) is 4.54. The lowest BCUT2D eigenvalue weighted by Crippen LogP contribution is -2.43. The molecule has 0 aromatic carbocycles. The number of sulfonamides is 1. The molecule has 1 atom stereocenters. The third-order valence-corrected chi connectivity index (χ3v) is 5.35. The predicted molar refractivity (Wildman–Crippen MR) is 75.9 cm³/mol. The molecule has 0 radical (unpaired) electrons. The molecule has 0 aliphatic carbocycles. The van der Waals surface area contributed by atoms with Crippen molar-refractivity contribution in [3.63, 3.8) is 0 Å². The molecule has 1 rings (SSSR count). The molecule has 0 aliphatic heterocycles. The van der Waals surface area contributed by atoms with E-state index in [0.29, 0.717) is 5.69 Å². The van der Waals surface area contributed by atoms with Crippen LogP contribution in [0.3, 0.4) is 0 Å². The normalized spacial score (nSPS) is 14.5. The number of nitrogen functional groups attached to an aromatic ring is 1. The van der Waals surface area contributed by atoms with Gasteiger partial charge in [0.05, 0.1) is 5.69 Å². The highest BCUT2D eigenvalue weighted by Crippen LogP contribution is 2.29. The Hall–Kier alpha value is -1.18. The summed E-state index contributed by atoms with van der Waals surface area (Å²) in [5, 5.41) is 0. The molecule has 3 N–H and O–H groups in total. The van der Waals surface area contributed by atoms with Crippen molar-refractivity contribution in [3.05, 3.63) is 18.5 Å². The summed E-state index contributed by atoms with van der Waals surface area (Å²) in [6, 6.07) is 1.37. The standard InChI is InChI=1S/C12H22N4O2S/c1-9(12(2,3)4)16(5)19(17,18)11-8-14-7-6-10(11)15-13/h6-9H,13H2,1-5H3,(H,14,15). The van der Waals surface area contributed by atoms with Crippen LogP contribution < -0.4 is 11.3 Å². The maximum absolute atomic E-state index is 12.6. The lowest BCUT2D eigenvalue weighted by molar-refractivity contribution is 0.216. The lowest BCUT2D eigenvalue weighted by atomic mass is 9.88. The lowest BCUT2D eigenvalue weighted by Gasteiger charge is -2.34. The summed E-state index contributed by atoms with van der Waals surface area (Å²) in [4.78, 5) is 3.94. The van der Waals surface area contributed by atoms with Gasteiger partial charge in [-0.05, 0) is 18.4 Å². The highest BCUT2D eigenvalue weighted by molar-refractivity contribution is 7.89. The van der Waals surface area contributed by atoms with Gasteiger partial charge in [0.2, 0.25) is 10.0 Å². The molecule has 0 spiro atoms. The second kappa shape index (κ2) is 5.44. The number of anilines is 1. The van der Waals surface area contributed by atoms with Gasteiger partial charge in [-0.25, -0.2) is 8.42 Å². The van der Waals surface area contributed by atoms with Crippen molar-refractivity contribution in [2.75, 3.05) is 12.5 Å². The summed E-state index contributed by atoms with van der Waals surface area (Å²) in [5.41, 5.74) is 2.56.